The summed E-state index contributed by atoms with van der Waals surface area (Å²) >= 11 is 7.01. The Morgan fingerprint density at radius 1 is 1.21 bits per heavy atom. The van der Waals surface area contributed by atoms with Crippen molar-refractivity contribution in [3.8, 4) is 0 Å². The molecule has 2 saturated heterocycles. The fourth-order valence-corrected chi connectivity index (χ4v) is 5.82. The molecular weight excluding hydrogens is 438 g/mol. The first kappa shape index (κ1) is 20.0. The largest absolute Gasteiger partial charge is 0.442 e. The van der Waals surface area contributed by atoms with Gasteiger partial charge in [-0.1, -0.05) is 11.6 Å². The Labute approximate surface area is 177 Å². The summed E-state index contributed by atoms with van der Waals surface area (Å²) in [7, 11) is -3.25. The van der Waals surface area contributed by atoms with Gasteiger partial charge in [0.05, 0.1) is 33.7 Å². The second kappa shape index (κ2) is 7.85. The van der Waals surface area contributed by atoms with Crippen molar-refractivity contribution in [3.63, 3.8) is 0 Å². The lowest BCUT2D eigenvalue weighted by atomic mass is 10.2. The highest BCUT2D eigenvalue weighted by Crippen LogP contribution is 2.28. The molecule has 154 valence electrons. The van der Waals surface area contributed by atoms with Crippen LogP contribution in [0, 0.1) is 0 Å². The van der Waals surface area contributed by atoms with Gasteiger partial charge in [-0.3, -0.25) is 14.0 Å². The van der Waals surface area contributed by atoms with E-state index in [0.29, 0.717) is 33.6 Å². The lowest BCUT2D eigenvalue weighted by molar-refractivity contribution is 0.0920. The SMILES string of the molecule is O=C(NC[C@@H]1CN(c2ccc(N3CCCS3(=O)=O)cc2)C(=O)O1)c1ccc(Cl)s1. The second-order valence-corrected chi connectivity index (χ2v) is 10.4. The van der Waals surface area contributed by atoms with Crippen molar-refractivity contribution in [2.75, 3.05) is 34.6 Å². The average Bonchev–Trinajstić information content (AvgIpc) is 3.38. The summed E-state index contributed by atoms with van der Waals surface area (Å²) in [5.41, 5.74) is 1.19. The topological polar surface area (TPSA) is 96.0 Å². The summed E-state index contributed by atoms with van der Waals surface area (Å²) in [4.78, 5) is 26.3. The molecule has 0 spiro atoms. The summed E-state index contributed by atoms with van der Waals surface area (Å²) in [6.07, 6.45) is -0.390. The molecule has 1 aromatic carbocycles. The smallest absolute Gasteiger partial charge is 0.414 e. The highest BCUT2D eigenvalue weighted by Gasteiger charge is 2.33. The molecule has 1 aromatic heterocycles. The predicted octanol–water partition coefficient (Wildman–Crippen LogP) is 2.70. The zero-order chi connectivity index (χ0) is 20.6. The fraction of sp³-hybridized carbons (Fsp3) is 0.333. The van der Waals surface area contributed by atoms with E-state index >= 15 is 0 Å². The van der Waals surface area contributed by atoms with Gasteiger partial charge < -0.3 is 10.1 Å². The predicted molar refractivity (Wildman–Crippen MR) is 111 cm³/mol. The van der Waals surface area contributed by atoms with Crippen molar-refractivity contribution < 1.29 is 22.7 Å². The van der Waals surface area contributed by atoms with Gasteiger partial charge in [-0.25, -0.2) is 13.2 Å². The van der Waals surface area contributed by atoms with E-state index in [-0.39, 0.29) is 24.7 Å². The van der Waals surface area contributed by atoms with Crippen LogP contribution in [-0.4, -0.2) is 51.9 Å². The zero-order valence-electron chi connectivity index (χ0n) is 15.2. The Hall–Kier alpha value is -2.30. The van der Waals surface area contributed by atoms with E-state index in [1.165, 1.54) is 20.5 Å². The molecule has 29 heavy (non-hydrogen) atoms. The lowest BCUT2D eigenvalue weighted by Crippen LogP contribution is -2.34. The number of sulfonamides is 1. The molecule has 2 aromatic rings. The van der Waals surface area contributed by atoms with E-state index in [1.807, 2.05) is 0 Å². The molecule has 0 radical (unpaired) electrons. The van der Waals surface area contributed by atoms with Crippen LogP contribution in [0.2, 0.25) is 4.34 Å². The molecule has 0 unspecified atom stereocenters. The summed E-state index contributed by atoms with van der Waals surface area (Å²) in [5, 5.41) is 2.74. The van der Waals surface area contributed by atoms with Gasteiger partial charge in [0.25, 0.3) is 5.91 Å². The molecule has 2 aliphatic heterocycles. The maximum absolute atomic E-state index is 12.2. The minimum atomic E-state index is -3.25. The molecule has 0 bridgehead atoms. The molecule has 8 nitrogen and oxygen atoms in total. The minimum absolute atomic E-state index is 0.151. The summed E-state index contributed by atoms with van der Waals surface area (Å²) in [6, 6.07) is 10.0. The molecule has 2 amide bonds. The second-order valence-electron chi connectivity index (χ2n) is 6.69. The molecule has 0 aliphatic carbocycles. The highest BCUT2D eigenvalue weighted by atomic mass is 35.5. The normalized spacial score (nSPS) is 20.7. The van der Waals surface area contributed by atoms with Crippen molar-refractivity contribution in [2.24, 2.45) is 0 Å². The van der Waals surface area contributed by atoms with Crippen molar-refractivity contribution in [3.05, 3.63) is 45.6 Å². The standard InChI is InChI=1S/C18H18ClN3O5S2/c19-16-7-6-15(28-16)17(23)20-10-14-11-21(18(24)27-14)12-2-4-13(5-3-12)22-8-1-9-29(22,25)26/h2-7,14H,1,8-11H2,(H,20,23)/t14-/m1/s1. The van der Waals surface area contributed by atoms with Gasteiger partial charge in [0, 0.05) is 12.2 Å². The van der Waals surface area contributed by atoms with Crippen LogP contribution in [0.5, 0.6) is 0 Å². The van der Waals surface area contributed by atoms with E-state index in [2.05, 4.69) is 5.32 Å². The Kier molecular flexibility index (Phi) is 5.41. The Morgan fingerprint density at radius 2 is 1.93 bits per heavy atom. The molecule has 2 aliphatic rings. The third kappa shape index (κ3) is 4.19. The van der Waals surface area contributed by atoms with Crippen molar-refractivity contribution in [2.45, 2.75) is 12.5 Å². The number of carbonyl (C=O) groups is 2. The molecule has 11 heteroatoms. The number of ether oxygens (including phenoxy) is 1. The van der Waals surface area contributed by atoms with Crippen LogP contribution in [0.3, 0.4) is 0 Å². The molecular formula is C18H18ClN3O5S2. The number of carbonyl (C=O) groups excluding carboxylic acids is 2. The number of rotatable bonds is 5. The molecule has 1 atom stereocenters. The van der Waals surface area contributed by atoms with Crippen molar-refractivity contribution in [1.29, 1.82) is 0 Å². The van der Waals surface area contributed by atoms with Crippen LogP contribution in [0.1, 0.15) is 16.1 Å². The number of nitrogens with zero attached hydrogens (tertiary/aromatic N) is 2. The molecule has 3 heterocycles. The minimum Gasteiger partial charge on any atom is -0.442 e. The first-order chi connectivity index (χ1) is 13.8. The maximum atomic E-state index is 12.2. The lowest BCUT2D eigenvalue weighted by Gasteiger charge is -2.19. The van der Waals surface area contributed by atoms with Gasteiger partial charge in [-0.2, -0.15) is 0 Å². The van der Waals surface area contributed by atoms with Gasteiger partial charge in [-0.15, -0.1) is 11.3 Å². The van der Waals surface area contributed by atoms with Crippen LogP contribution in [-0.2, 0) is 14.8 Å². The molecule has 1 N–H and O–H groups in total. The van der Waals surface area contributed by atoms with Gasteiger partial charge in [0.1, 0.15) is 6.10 Å². The Bertz CT molecular complexity index is 1040. The number of nitrogens with one attached hydrogen (secondary N) is 1. The van der Waals surface area contributed by atoms with E-state index in [4.69, 9.17) is 16.3 Å². The first-order valence-electron chi connectivity index (χ1n) is 8.96. The van der Waals surface area contributed by atoms with E-state index in [9.17, 15) is 18.0 Å². The maximum Gasteiger partial charge on any atom is 0.414 e. The van der Waals surface area contributed by atoms with Gasteiger partial charge in [0.15, 0.2) is 0 Å². The number of benzene rings is 1. The molecule has 4 rings (SSSR count). The van der Waals surface area contributed by atoms with Gasteiger partial charge in [0.2, 0.25) is 10.0 Å². The van der Waals surface area contributed by atoms with E-state index in [0.717, 1.165) is 0 Å². The zero-order valence-corrected chi connectivity index (χ0v) is 17.6. The Morgan fingerprint density at radius 3 is 2.55 bits per heavy atom. The first-order valence-corrected chi connectivity index (χ1v) is 11.8. The number of cyclic esters (lactones) is 1. The molecule has 2 fully saturated rings. The third-order valence-corrected chi connectivity index (χ3v) is 7.81. The number of halogens is 1. The quantitative estimate of drug-likeness (QED) is 0.747. The van der Waals surface area contributed by atoms with E-state index in [1.54, 1.807) is 36.4 Å². The van der Waals surface area contributed by atoms with Crippen LogP contribution in [0.25, 0.3) is 0 Å². The van der Waals surface area contributed by atoms with E-state index < -0.39 is 22.2 Å². The average molecular weight is 456 g/mol. The summed E-state index contributed by atoms with van der Waals surface area (Å²) in [5.74, 6) is -0.120. The number of thiophene rings is 1. The molecule has 0 saturated carbocycles. The van der Waals surface area contributed by atoms with Crippen LogP contribution >= 0.6 is 22.9 Å². The number of hydrogen-bond donors (Lipinski definition) is 1. The van der Waals surface area contributed by atoms with Gasteiger partial charge >= 0.3 is 6.09 Å². The number of anilines is 2. The van der Waals surface area contributed by atoms with Crippen molar-refractivity contribution in [1.82, 2.24) is 5.32 Å². The summed E-state index contributed by atoms with van der Waals surface area (Å²) < 4.78 is 31.3. The summed E-state index contributed by atoms with van der Waals surface area (Å²) in [6.45, 7) is 0.928. The highest BCUT2D eigenvalue weighted by molar-refractivity contribution is 7.93. The Balaban J connectivity index is 1.37. The van der Waals surface area contributed by atoms with Crippen LogP contribution in [0.4, 0.5) is 16.2 Å². The number of amides is 2. The monoisotopic (exact) mass is 455 g/mol. The third-order valence-electron chi connectivity index (χ3n) is 4.71. The number of hydrogen-bond acceptors (Lipinski definition) is 6. The fourth-order valence-electron chi connectivity index (χ4n) is 3.30. The van der Waals surface area contributed by atoms with Gasteiger partial charge in [-0.05, 0) is 42.8 Å². The van der Waals surface area contributed by atoms with Crippen LogP contribution in [0.15, 0.2) is 36.4 Å². The van der Waals surface area contributed by atoms with Crippen LogP contribution < -0.4 is 14.5 Å². The van der Waals surface area contributed by atoms with Crippen molar-refractivity contribution >= 4 is 56.3 Å².